The van der Waals surface area contributed by atoms with Crippen molar-refractivity contribution in [3.05, 3.63) is 51.5 Å². The van der Waals surface area contributed by atoms with Gasteiger partial charge in [-0.2, -0.15) is 0 Å². The van der Waals surface area contributed by atoms with E-state index in [2.05, 4.69) is 92.4 Å². The van der Waals surface area contributed by atoms with E-state index in [1.165, 1.54) is 22.3 Å². The Bertz CT molecular complexity index is 753. The normalized spacial score (nSPS) is 11.3. The topological polar surface area (TPSA) is 24.1 Å². The highest BCUT2D eigenvalue weighted by molar-refractivity contribution is 9.10. The minimum atomic E-state index is -0.0821. The van der Waals surface area contributed by atoms with E-state index < -0.39 is 0 Å². The van der Waals surface area contributed by atoms with E-state index in [1.54, 1.807) is 0 Å². The molecule has 0 spiro atoms. The molecule has 0 radical (unpaired) electrons. The van der Waals surface area contributed by atoms with Gasteiger partial charge < -0.3 is 10.6 Å². The van der Waals surface area contributed by atoms with Gasteiger partial charge in [0.25, 0.3) is 0 Å². The molecule has 0 aliphatic heterocycles. The summed E-state index contributed by atoms with van der Waals surface area (Å²) in [4.78, 5) is 0. The summed E-state index contributed by atoms with van der Waals surface area (Å²) in [6.45, 7) is 12.7. The monoisotopic (exact) mass is 404 g/mol. The molecule has 0 aliphatic rings. The lowest BCUT2D eigenvalue weighted by atomic mass is 9.93. The van der Waals surface area contributed by atoms with E-state index in [4.69, 9.17) is 12.2 Å². The number of benzene rings is 2. The molecule has 2 N–H and O–H groups in total. The molecule has 0 aromatic heterocycles. The number of halogens is 1. The molecule has 2 nitrogen and oxygen atoms in total. The van der Waals surface area contributed by atoms with Crippen molar-refractivity contribution in [1.29, 1.82) is 0 Å². The van der Waals surface area contributed by atoms with Crippen LogP contribution < -0.4 is 10.6 Å². The number of hydrogen-bond acceptors (Lipinski definition) is 1. The molecule has 128 valence electrons. The highest BCUT2D eigenvalue weighted by Gasteiger charge is 2.16. The first-order chi connectivity index (χ1) is 11.1. The largest absolute Gasteiger partial charge is 0.358 e. The maximum absolute atomic E-state index is 5.50. The van der Waals surface area contributed by atoms with Gasteiger partial charge in [0.1, 0.15) is 0 Å². The summed E-state index contributed by atoms with van der Waals surface area (Å²) in [5, 5.41) is 7.31. The smallest absolute Gasteiger partial charge is 0.171 e. The van der Waals surface area contributed by atoms with E-state index in [1.807, 2.05) is 6.07 Å². The van der Waals surface area contributed by atoms with Crippen molar-refractivity contribution >= 4 is 38.9 Å². The minimum absolute atomic E-state index is 0.0821. The fourth-order valence-corrected chi connectivity index (χ4v) is 3.82. The summed E-state index contributed by atoms with van der Waals surface area (Å²) in [5.41, 5.74) is 7.13. The third-order valence-electron chi connectivity index (χ3n) is 3.69. The number of aryl methyl sites for hydroxylation is 3. The first-order valence-electron chi connectivity index (χ1n) is 8.04. The molecule has 24 heavy (non-hydrogen) atoms. The summed E-state index contributed by atoms with van der Waals surface area (Å²) in [7, 11) is 0. The average molecular weight is 405 g/mol. The summed E-state index contributed by atoms with van der Waals surface area (Å²) in [6.07, 6.45) is 0. The molecule has 0 saturated heterocycles. The quantitative estimate of drug-likeness (QED) is 0.588. The van der Waals surface area contributed by atoms with Crippen LogP contribution in [0.2, 0.25) is 0 Å². The van der Waals surface area contributed by atoms with Crippen LogP contribution in [-0.2, 0) is 0 Å². The van der Waals surface area contributed by atoms with Crippen molar-refractivity contribution in [1.82, 2.24) is 5.32 Å². The van der Waals surface area contributed by atoms with Gasteiger partial charge in [0.05, 0.1) is 5.69 Å². The van der Waals surface area contributed by atoms with Crippen molar-refractivity contribution in [2.45, 2.75) is 47.1 Å². The molecular weight excluding hydrogens is 380 g/mol. The molecule has 2 aromatic rings. The van der Waals surface area contributed by atoms with Crippen LogP contribution in [0.1, 0.15) is 37.5 Å². The van der Waals surface area contributed by atoms with Gasteiger partial charge in [0, 0.05) is 15.6 Å². The van der Waals surface area contributed by atoms with Gasteiger partial charge >= 0.3 is 0 Å². The molecule has 0 unspecified atom stereocenters. The molecule has 2 rings (SSSR count). The summed E-state index contributed by atoms with van der Waals surface area (Å²) < 4.78 is 0.998. The van der Waals surface area contributed by atoms with Crippen LogP contribution in [0.4, 0.5) is 5.69 Å². The van der Waals surface area contributed by atoms with E-state index in [9.17, 15) is 0 Å². The Kier molecular flexibility index (Phi) is 5.71. The predicted molar refractivity (Wildman–Crippen MR) is 113 cm³/mol. The fourth-order valence-electron chi connectivity index (χ4n) is 2.95. The van der Waals surface area contributed by atoms with Crippen molar-refractivity contribution < 1.29 is 0 Å². The van der Waals surface area contributed by atoms with Crippen molar-refractivity contribution in [3.63, 3.8) is 0 Å². The lowest BCUT2D eigenvalue weighted by molar-refractivity contribution is 0.515. The van der Waals surface area contributed by atoms with E-state index >= 15 is 0 Å². The van der Waals surface area contributed by atoms with Crippen LogP contribution in [0.15, 0.2) is 34.8 Å². The molecular formula is C20H25BrN2S. The molecule has 0 bridgehead atoms. The fraction of sp³-hybridized carbons (Fsp3) is 0.350. The van der Waals surface area contributed by atoms with E-state index in [0.29, 0.717) is 5.11 Å². The predicted octanol–water partition coefficient (Wildman–Crippen LogP) is 6.13. The maximum atomic E-state index is 5.50. The second-order valence-corrected chi connectivity index (χ2v) is 8.53. The summed E-state index contributed by atoms with van der Waals surface area (Å²) >= 11 is 9.16. The second kappa shape index (κ2) is 7.24. The number of thiocarbonyl (C=S) groups is 1. The summed E-state index contributed by atoms with van der Waals surface area (Å²) in [5.74, 6) is 0. The van der Waals surface area contributed by atoms with Gasteiger partial charge in [0.15, 0.2) is 5.11 Å². The molecule has 0 fully saturated rings. The van der Waals surface area contributed by atoms with Crippen LogP contribution in [0.5, 0.6) is 0 Å². The van der Waals surface area contributed by atoms with Crippen molar-refractivity contribution in [2.24, 2.45) is 0 Å². The van der Waals surface area contributed by atoms with Crippen LogP contribution in [-0.4, -0.2) is 10.7 Å². The lowest BCUT2D eigenvalue weighted by Crippen LogP contribution is -2.43. The third-order valence-corrected chi connectivity index (χ3v) is 4.55. The molecule has 0 amide bonds. The number of nitrogens with one attached hydrogen (secondary N) is 2. The zero-order valence-electron chi connectivity index (χ0n) is 15.2. The highest BCUT2D eigenvalue weighted by Crippen LogP contribution is 2.38. The number of hydrogen-bond donors (Lipinski definition) is 2. The number of para-hydroxylation sites is 1. The zero-order chi connectivity index (χ0) is 18.1. The molecule has 0 heterocycles. The Morgan fingerprint density at radius 3 is 2.17 bits per heavy atom. The van der Waals surface area contributed by atoms with E-state index in [0.717, 1.165) is 15.7 Å². The summed E-state index contributed by atoms with van der Waals surface area (Å²) in [6, 6.07) is 10.7. The third kappa shape index (κ3) is 4.58. The second-order valence-electron chi connectivity index (χ2n) is 7.27. The Labute approximate surface area is 159 Å². The van der Waals surface area contributed by atoms with Crippen LogP contribution in [0, 0.1) is 20.8 Å². The Morgan fingerprint density at radius 1 is 1.04 bits per heavy atom. The SMILES string of the molecule is Cc1cc(C)c(-c2cccc(Br)c2NC(=S)NC(C)(C)C)c(C)c1. The Hall–Kier alpha value is -1.39. The molecule has 0 aliphatic carbocycles. The van der Waals surface area contributed by atoms with Gasteiger partial charge in [-0.05, 0) is 92.4 Å². The molecule has 0 saturated carbocycles. The standard InChI is InChI=1S/C20H25BrN2S/c1-12-10-13(2)17(14(3)11-12)15-8-7-9-16(21)18(15)22-19(24)23-20(4,5)6/h7-11H,1-6H3,(H2,22,23,24). The van der Waals surface area contributed by atoms with Gasteiger partial charge in [-0.25, -0.2) is 0 Å². The Balaban J connectivity index is 2.51. The molecule has 2 aromatic carbocycles. The number of anilines is 1. The maximum Gasteiger partial charge on any atom is 0.171 e. The van der Waals surface area contributed by atoms with Crippen LogP contribution >= 0.6 is 28.1 Å². The Morgan fingerprint density at radius 2 is 1.62 bits per heavy atom. The number of rotatable bonds is 2. The zero-order valence-corrected chi connectivity index (χ0v) is 17.6. The highest BCUT2D eigenvalue weighted by atomic mass is 79.9. The van der Waals surface area contributed by atoms with Gasteiger partial charge in [-0.3, -0.25) is 0 Å². The van der Waals surface area contributed by atoms with Gasteiger partial charge in [-0.1, -0.05) is 29.8 Å². The average Bonchev–Trinajstić information content (AvgIpc) is 2.39. The molecule has 0 atom stereocenters. The minimum Gasteiger partial charge on any atom is -0.358 e. The first-order valence-corrected chi connectivity index (χ1v) is 9.24. The lowest BCUT2D eigenvalue weighted by Gasteiger charge is -2.25. The van der Waals surface area contributed by atoms with Crippen molar-refractivity contribution in [2.75, 3.05) is 5.32 Å². The van der Waals surface area contributed by atoms with Gasteiger partial charge in [-0.15, -0.1) is 0 Å². The first kappa shape index (κ1) is 18.9. The van der Waals surface area contributed by atoms with Crippen molar-refractivity contribution in [3.8, 4) is 11.1 Å². The van der Waals surface area contributed by atoms with Crippen LogP contribution in [0.3, 0.4) is 0 Å². The van der Waals surface area contributed by atoms with Crippen LogP contribution in [0.25, 0.3) is 11.1 Å². The molecule has 4 heteroatoms. The van der Waals surface area contributed by atoms with Gasteiger partial charge in [0.2, 0.25) is 0 Å². The van der Waals surface area contributed by atoms with E-state index in [-0.39, 0.29) is 5.54 Å².